The Bertz CT molecular complexity index is 602. The Hall–Kier alpha value is -1.75. The predicted octanol–water partition coefficient (Wildman–Crippen LogP) is 2.91. The molecule has 1 aromatic heterocycles. The van der Waals surface area contributed by atoms with Gasteiger partial charge in [-0.15, -0.1) is 0 Å². The monoisotopic (exact) mass is 261 g/mol. The van der Waals surface area contributed by atoms with Crippen molar-refractivity contribution in [3.05, 3.63) is 35.4 Å². The maximum atomic E-state index is 13.2. The standard InChI is InChI=1S/C14H16FN3O/c1-9-8-10(4-5-11(9)15)12-17-13(18-19-12)14(16)6-2-3-7-14/h4-5,8H,2-3,6-7,16H2,1H3. The normalized spacial score (nSPS) is 17.8. The minimum absolute atomic E-state index is 0.241. The van der Waals surface area contributed by atoms with Gasteiger partial charge in [0.1, 0.15) is 5.82 Å². The van der Waals surface area contributed by atoms with Crippen molar-refractivity contribution in [3.8, 4) is 11.5 Å². The van der Waals surface area contributed by atoms with E-state index in [4.69, 9.17) is 10.3 Å². The van der Waals surface area contributed by atoms with Gasteiger partial charge >= 0.3 is 0 Å². The van der Waals surface area contributed by atoms with E-state index >= 15 is 0 Å². The Morgan fingerprint density at radius 1 is 1.32 bits per heavy atom. The second-order valence-corrected chi connectivity index (χ2v) is 5.25. The van der Waals surface area contributed by atoms with Crippen molar-refractivity contribution >= 4 is 0 Å². The van der Waals surface area contributed by atoms with Gasteiger partial charge in [0, 0.05) is 5.56 Å². The van der Waals surface area contributed by atoms with Crippen molar-refractivity contribution in [2.75, 3.05) is 0 Å². The molecule has 1 saturated carbocycles. The quantitative estimate of drug-likeness (QED) is 0.902. The lowest BCUT2D eigenvalue weighted by Gasteiger charge is -2.17. The predicted molar refractivity (Wildman–Crippen MR) is 68.8 cm³/mol. The van der Waals surface area contributed by atoms with E-state index in [1.54, 1.807) is 19.1 Å². The summed E-state index contributed by atoms with van der Waals surface area (Å²) < 4.78 is 18.5. The van der Waals surface area contributed by atoms with E-state index in [2.05, 4.69) is 10.1 Å². The van der Waals surface area contributed by atoms with Crippen LogP contribution in [0.1, 0.15) is 37.1 Å². The highest BCUT2D eigenvalue weighted by Gasteiger charge is 2.36. The molecule has 3 rings (SSSR count). The zero-order chi connectivity index (χ0) is 13.5. The molecule has 2 N–H and O–H groups in total. The van der Waals surface area contributed by atoms with Crippen molar-refractivity contribution in [2.24, 2.45) is 5.73 Å². The summed E-state index contributed by atoms with van der Waals surface area (Å²) in [5.74, 6) is 0.714. The molecule has 5 heteroatoms. The Labute approximate surface area is 110 Å². The van der Waals surface area contributed by atoms with Crippen LogP contribution < -0.4 is 5.73 Å². The second-order valence-electron chi connectivity index (χ2n) is 5.25. The number of aromatic nitrogens is 2. The van der Waals surface area contributed by atoms with Crippen LogP contribution in [-0.2, 0) is 5.54 Å². The SMILES string of the molecule is Cc1cc(-c2nc(C3(N)CCCC3)no2)ccc1F. The average molecular weight is 261 g/mol. The molecule has 0 radical (unpaired) electrons. The highest BCUT2D eigenvalue weighted by Crippen LogP contribution is 2.35. The van der Waals surface area contributed by atoms with E-state index in [0.29, 0.717) is 17.3 Å². The Morgan fingerprint density at radius 3 is 2.74 bits per heavy atom. The van der Waals surface area contributed by atoms with Gasteiger partial charge in [-0.1, -0.05) is 18.0 Å². The third-order valence-electron chi connectivity index (χ3n) is 3.77. The number of aryl methyl sites for hydroxylation is 1. The molecule has 0 atom stereocenters. The lowest BCUT2D eigenvalue weighted by atomic mass is 9.98. The van der Waals surface area contributed by atoms with Crippen LogP contribution in [0.25, 0.3) is 11.5 Å². The number of nitrogens with two attached hydrogens (primary N) is 1. The second kappa shape index (κ2) is 4.42. The number of nitrogens with zero attached hydrogens (tertiary/aromatic N) is 2. The molecule has 2 aromatic rings. The van der Waals surface area contributed by atoms with Gasteiger partial charge in [-0.2, -0.15) is 4.98 Å². The third-order valence-corrected chi connectivity index (χ3v) is 3.77. The van der Waals surface area contributed by atoms with Crippen molar-refractivity contribution in [3.63, 3.8) is 0 Å². The minimum Gasteiger partial charge on any atom is -0.334 e. The summed E-state index contributed by atoms with van der Waals surface area (Å²) >= 11 is 0. The van der Waals surface area contributed by atoms with E-state index in [1.165, 1.54) is 6.07 Å². The van der Waals surface area contributed by atoms with E-state index < -0.39 is 5.54 Å². The summed E-state index contributed by atoms with van der Waals surface area (Å²) in [5.41, 5.74) is 7.10. The lowest BCUT2D eigenvalue weighted by molar-refractivity contribution is 0.372. The molecule has 0 unspecified atom stereocenters. The Kier molecular flexibility index (Phi) is 2.86. The van der Waals surface area contributed by atoms with Crippen molar-refractivity contribution < 1.29 is 8.91 Å². The molecule has 4 nitrogen and oxygen atoms in total. The van der Waals surface area contributed by atoms with Crippen LogP contribution in [0.4, 0.5) is 4.39 Å². The first-order valence-electron chi connectivity index (χ1n) is 6.48. The molecule has 0 spiro atoms. The average Bonchev–Trinajstić information content (AvgIpc) is 3.02. The number of halogens is 1. The van der Waals surface area contributed by atoms with Crippen LogP contribution in [0.15, 0.2) is 22.7 Å². The molecule has 19 heavy (non-hydrogen) atoms. The first-order chi connectivity index (χ1) is 9.08. The minimum atomic E-state index is -0.461. The first-order valence-corrected chi connectivity index (χ1v) is 6.48. The number of benzene rings is 1. The highest BCUT2D eigenvalue weighted by atomic mass is 19.1. The number of hydrogen-bond donors (Lipinski definition) is 1. The molecular formula is C14H16FN3O. The molecule has 1 aromatic carbocycles. The fourth-order valence-electron chi connectivity index (χ4n) is 2.55. The zero-order valence-electron chi connectivity index (χ0n) is 10.8. The number of hydrogen-bond acceptors (Lipinski definition) is 4. The van der Waals surface area contributed by atoms with Crippen LogP contribution in [0.5, 0.6) is 0 Å². The largest absolute Gasteiger partial charge is 0.334 e. The molecule has 1 aliphatic rings. The summed E-state index contributed by atoms with van der Waals surface area (Å²) in [6, 6.07) is 4.74. The number of rotatable bonds is 2. The fourth-order valence-corrected chi connectivity index (χ4v) is 2.55. The summed E-state index contributed by atoms with van der Waals surface area (Å²) in [7, 11) is 0. The van der Waals surface area contributed by atoms with E-state index in [-0.39, 0.29) is 5.82 Å². The summed E-state index contributed by atoms with van der Waals surface area (Å²) in [6.45, 7) is 1.71. The van der Waals surface area contributed by atoms with Crippen LogP contribution >= 0.6 is 0 Å². The molecule has 100 valence electrons. The van der Waals surface area contributed by atoms with E-state index in [0.717, 1.165) is 31.2 Å². The molecule has 0 saturated heterocycles. The van der Waals surface area contributed by atoms with Gasteiger partial charge in [0.2, 0.25) is 0 Å². The van der Waals surface area contributed by atoms with Crippen LogP contribution in [0.2, 0.25) is 0 Å². The summed E-state index contributed by atoms with van der Waals surface area (Å²) in [4.78, 5) is 4.38. The van der Waals surface area contributed by atoms with Gasteiger partial charge in [0.05, 0.1) is 5.54 Å². The van der Waals surface area contributed by atoms with Crippen LogP contribution in [0, 0.1) is 12.7 Å². The Balaban J connectivity index is 1.94. The van der Waals surface area contributed by atoms with Gasteiger partial charge < -0.3 is 10.3 Å². The fraction of sp³-hybridized carbons (Fsp3) is 0.429. The van der Waals surface area contributed by atoms with Crippen molar-refractivity contribution in [1.29, 1.82) is 0 Å². The van der Waals surface area contributed by atoms with Crippen LogP contribution in [0.3, 0.4) is 0 Å². The zero-order valence-corrected chi connectivity index (χ0v) is 10.8. The van der Waals surface area contributed by atoms with Gasteiger partial charge in [0.25, 0.3) is 5.89 Å². The lowest BCUT2D eigenvalue weighted by Crippen LogP contribution is -2.34. The highest BCUT2D eigenvalue weighted by molar-refractivity contribution is 5.54. The molecule has 0 aliphatic heterocycles. The van der Waals surface area contributed by atoms with Gasteiger partial charge in [-0.3, -0.25) is 0 Å². The van der Waals surface area contributed by atoms with Crippen molar-refractivity contribution in [2.45, 2.75) is 38.1 Å². The molecule has 1 fully saturated rings. The molecule has 0 bridgehead atoms. The topological polar surface area (TPSA) is 64.9 Å². The van der Waals surface area contributed by atoms with Gasteiger partial charge in [-0.25, -0.2) is 4.39 Å². The Morgan fingerprint density at radius 2 is 2.05 bits per heavy atom. The van der Waals surface area contributed by atoms with Crippen LogP contribution in [-0.4, -0.2) is 10.1 Å². The first kappa shape index (κ1) is 12.3. The smallest absolute Gasteiger partial charge is 0.258 e. The third kappa shape index (κ3) is 2.14. The van der Waals surface area contributed by atoms with Gasteiger partial charge in [-0.05, 0) is 43.5 Å². The summed E-state index contributed by atoms with van der Waals surface area (Å²) in [5, 5.41) is 3.99. The molecule has 1 heterocycles. The summed E-state index contributed by atoms with van der Waals surface area (Å²) in [6.07, 6.45) is 3.95. The molecular weight excluding hydrogens is 245 g/mol. The molecule has 1 aliphatic carbocycles. The maximum Gasteiger partial charge on any atom is 0.258 e. The maximum absolute atomic E-state index is 13.2. The van der Waals surface area contributed by atoms with Gasteiger partial charge in [0.15, 0.2) is 5.82 Å². The molecule has 0 amide bonds. The van der Waals surface area contributed by atoms with Crippen molar-refractivity contribution in [1.82, 2.24) is 10.1 Å². The van der Waals surface area contributed by atoms with E-state index in [1.807, 2.05) is 0 Å². The van der Waals surface area contributed by atoms with E-state index in [9.17, 15) is 4.39 Å².